The summed E-state index contributed by atoms with van der Waals surface area (Å²) < 4.78 is 1.77. The van der Waals surface area contributed by atoms with E-state index in [1.165, 1.54) is 11.8 Å². The molecule has 0 aliphatic carbocycles. The second-order valence-electron chi connectivity index (χ2n) is 4.09. The Bertz CT molecular complexity index is 673. The van der Waals surface area contributed by atoms with Crippen LogP contribution in [0.4, 0.5) is 5.69 Å². The number of nitrogens with one attached hydrogen (secondary N) is 1. The predicted molar refractivity (Wildman–Crippen MR) is 70.2 cm³/mol. The Labute approximate surface area is 117 Å². The van der Waals surface area contributed by atoms with E-state index in [1.54, 1.807) is 23.0 Å². The van der Waals surface area contributed by atoms with E-state index in [0.717, 1.165) is 4.90 Å². The zero-order valence-electron chi connectivity index (χ0n) is 9.79. The summed E-state index contributed by atoms with van der Waals surface area (Å²) in [6.07, 6.45) is 0.441. The van der Waals surface area contributed by atoms with Gasteiger partial charge in [0.1, 0.15) is 6.33 Å². The highest BCUT2D eigenvalue weighted by Crippen LogP contribution is 2.40. The number of hydrogen-bond donors (Lipinski definition) is 2. The highest BCUT2D eigenvalue weighted by molar-refractivity contribution is 7.99. The van der Waals surface area contributed by atoms with Gasteiger partial charge in [0.25, 0.3) is 5.91 Å². The highest BCUT2D eigenvalue weighted by Gasteiger charge is 2.29. The summed E-state index contributed by atoms with van der Waals surface area (Å²) in [6, 6.07) is 3.32. The van der Waals surface area contributed by atoms with Crippen LogP contribution in [0, 0.1) is 0 Å². The summed E-state index contributed by atoms with van der Waals surface area (Å²) in [5, 5.41) is 21.2. The van der Waals surface area contributed by atoms with Crippen molar-refractivity contribution in [1.29, 1.82) is 0 Å². The van der Waals surface area contributed by atoms with Crippen LogP contribution in [0.15, 0.2) is 28.5 Å². The van der Waals surface area contributed by atoms with E-state index in [9.17, 15) is 9.90 Å². The number of halogens is 1. The molecule has 0 fully saturated rings. The quantitative estimate of drug-likeness (QED) is 0.880. The number of hydrogen-bond acceptors (Lipinski definition) is 5. The van der Waals surface area contributed by atoms with Crippen LogP contribution >= 0.6 is 23.4 Å². The molecule has 0 spiro atoms. The largest absolute Gasteiger partial charge is 0.378 e. The SMILES string of the molecule is Cn1cnnc1Sc1cc2c(cc1Cl)C(O)C(=O)N2. The number of carbonyl (C=O) groups excluding carboxylic acids is 1. The van der Waals surface area contributed by atoms with Gasteiger partial charge in [-0.15, -0.1) is 10.2 Å². The second kappa shape index (κ2) is 4.52. The van der Waals surface area contributed by atoms with E-state index < -0.39 is 12.0 Å². The van der Waals surface area contributed by atoms with E-state index in [0.29, 0.717) is 21.4 Å². The van der Waals surface area contributed by atoms with Gasteiger partial charge in [-0.05, 0) is 23.9 Å². The van der Waals surface area contributed by atoms with Crippen LogP contribution in [0.1, 0.15) is 11.7 Å². The lowest BCUT2D eigenvalue weighted by Gasteiger charge is -2.07. The molecule has 1 aromatic carbocycles. The molecule has 1 atom stereocenters. The molecule has 6 nitrogen and oxygen atoms in total. The van der Waals surface area contributed by atoms with Gasteiger partial charge < -0.3 is 15.0 Å². The van der Waals surface area contributed by atoms with Crippen molar-refractivity contribution in [1.82, 2.24) is 14.8 Å². The van der Waals surface area contributed by atoms with Gasteiger partial charge in [0, 0.05) is 23.2 Å². The zero-order valence-corrected chi connectivity index (χ0v) is 11.4. The monoisotopic (exact) mass is 296 g/mol. The molecule has 0 saturated heterocycles. The number of aryl methyl sites for hydroxylation is 1. The fourth-order valence-corrected chi connectivity index (χ4v) is 2.88. The van der Waals surface area contributed by atoms with Crippen molar-refractivity contribution in [2.24, 2.45) is 7.05 Å². The summed E-state index contributed by atoms with van der Waals surface area (Å²) >= 11 is 7.50. The Kier molecular flexibility index (Phi) is 2.96. The zero-order chi connectivity index (χ0) is 13.6. The van der Waals surface area contributed by atoms with Crippen LogP contribution in [-0.2, 0) is 11.8 Å². The Morgan fingerprint density at radius 3 is 3.00 bits per heavy atom. The first-order valence-electron chi connectivity index (χ1n) is 5.40. The third-order valence-corrected chi connectivity index (χ3v) is 4.31. The smallest absolute Gasteiger partial charge is 0.257 e. The van der Waals surface area contributed by atoms with Crippen LogP contribution < -0.4 is 5.32 Å². The Hall–Kier alpha value is -1.57. The lowest BCUT2D eigenvalue weighted by atomic mass is 10.1. The van der Waals surface area contributed by atoms with E-state index in [-0.39, 0.29) is 0 Å². The molecule has 1 aromatic heterocycles. The first-order valence-corrected chi connectivity index (χ1v) is 6.60. The standard InChI is InChI=1S/C11H9ClN4O2S/c1-16-4-13-15-11(16)19-8-3-7-5(2-6(8)12)9(17)10(18)14-7/h2-4,9,17H,1H3,(H,14,18). The Morgan fingerprint density at radius 2 is 2.32 bits per heavy atom. The number of aliphatic hydroxyl groups excluding tert-OH is 1. The molecule has 0 radical (unpaired) electrons. The lowest BCUT2D eigenvalue weighted by Crippen LogP contribution is -2.10. The van der Waals surface area contributed by atoms with Gasteiger partial charge in [-0.25, -0.2) is 0 Å². The average molecular weight is 297 g/mol. The topological polar surface area (TPSA) is 80.0 Å². The molecule has 19 heavy (non-hydrogen) atoms. The Morgan fingerprint density at radius 1 is 1.53 bits per heavy atom. The van der Waals surface area contributed by atoms with Crippen LogP contribution in [0.25, 0.3) is 0 Å². The van der Waals surface area contributed by atoms with Gasteiger partial charge in [-0.1, -0.05) is 11.6 Å². The number of aliphatic hydroxyl groups is 1. The summed E-state index contributed by atoms with van der Waals surface area (Å²) in [4.78, 5) is 12.1. The number of fused-ring (bicyclic) bond motifs is 1. The number of benzene rings is 1. The molecular weight excluding hydrogens is 288 g/mol. The molecule has 1 unspecified atom stereocenters. The maximum Gasteiger partial charge on any atom is 0.257 e. The summed E-state index contributed by atoms with van der Waals surface area (Å²) in [7, 11) is 1.83. The number of aromatic nitrogens is 3. The fourth-order valence-electron chi connectivity index (χ4n) is 1.79. The molecule has 2 N–H and O–H groups in total. The third kappa shape index (κ3) is 2.09. The Balaban J connectivity index is 1.99. The summed E-state index contributed by atoms with van der Waals surface area (Å²) in [6.45, 7) is 0. The summed E-state index contributed by atoms with van der Waals surface area (Å²) in [5.41, 5.74) is 1.07. The maximum absolute atomic E-state index is 11.4. The third-order valence-electron chi connectivity index (χ3n) is 2.78. The van der Waals surface area contributed by atoms with Crippen LogP contribution in [0.3, 0.4) is 0 Å². The van der Waals surface area contributed by atoms with Crippen molar-refractivity contribution in [2.75, 3.05) is 5.32 Å². The first kappa shape index (κ1) is 12.5. The number of rotatable bonds is 2. The summed E-state index contributed by atoms with van der Waals surface area (Å²) in [5.74, 6) is -0.438. The molecule has 1 aliphatic heterocycles. The fraction of sp³-hybridized carbons (Fsp3) is 0.182. The van der Waals surface area contributed by atoms with Gasteiger partial charge >= 0.3 is 0 Å². The molecule has 0 bridgehead atoms. The van der Waals surface area contributed by atoms with E-state index >= 15 is 0 Å². The molecule has 2 aromatic rings. The number of carbonyl (C=O) groups is 1. The second-order valence-corrected chi connectivity index (χ2v) is 5.50. The van der Waals surface area contributed by atoms with E-state index in [2.05, 4.69) is 15.5 Å². The molecule has 0 saturated carbocycles. The minimum absolute atomic E-state index is 0.438. The van der Waals surface area contributed by atoms with Crippen molar-refractivity contribution in [3.63, 3.8) is 0 Å². The molecule has 8 heteroatoms. The molecule has 1 aliphatic rings. The van der Waals surface area contributed by atoms with Crippen molar-refractivity contribution in [3.05, 3.63) is 29.0 Å². The first-order chi connectivity index (χ1) is 9.06. The van der Waals surface area contributed by atoms with Crippen molar-refractivity contribution in [3.8, 4) is 0 Å². The number of nitrogens with zero attached hydrogens (tertiary/aromatic N) is 3. The minimum Gasteiger partial charge on any atom is -0.378 e. The van der Waals surface area contributed by atoms with Gasteiger partial charge in [-0.2, -0.15) is 0 Å². The van der Waals surface area contributed by atoms with Crippen LogP contribution in [-0.4, -0.2) is 25.8 Å². The van der Waals surface area contributed by atoms with Gasteiger partial charge in [0.15, 0.2) is 11.3 Å². The van der Waals surface area contributed by atoms with Gasteiger partial charge in [0.2, 0.25) is 0 Å². The maximum atomic E-state index is 11.4. The van der Waals surface area contributed by atoms with Crippen molar-refractivity contribution in [2.45, 2.75) is 16.2 Å². The molecule has 2 heterocycles. The van der Waals surface area contributed by atoms with Crippen LogP contribution in [0.2, 0.25) is 5.02 Å². The molecule has 3 rings (SSSR count). The van der Waals surface area contributed by atoms with Gasteiger partial charge in [0.05, 0.1) is 5.02 Å². The highest BCUT2D eigenvalue weighted by atomic mass is 35.5. The van der Waals surface area contributed by atoms with E-state index in [4.69, 9.17) is 11.6 Å². The van der Waals surface area contributed by atoms with E-state index in [1.807, 2.05) is 7.05 Å². The number of anilines is 1. The van der Waals surface area contributed by atoms with Gasteiger partial charge in [-0.3, -0.25) is 4.79 Å². The predicted octanol–water partition coefficient (Wildman–Crippen LogP) is 1.61. The molecule has 98 valence electrons. The van der Waals surface area contributed by atoms with Crippen molar-refractivity contribution >= 4 is 35.0 Å². The number of amides is 1. The molecule has 1 amide bonds. The average Bonchev–Trinajstić information content (AvgIpc) is 2.88. The molecular formula is C11H9ClN4O2S. The van der Waals surface area contributed by atoms with Crippen LogP contribution in [0.5, 0.6) is 0 Å². The normalized spacial score (nSPS) is 17.4. The lowest BCUT2D eigenvalue weighted by molar-refractivity contribution is -0.123. The van der Waals surface area contributed by atoms with Crippen molar-refractivity contribution < 1.29 is 9.90 Å². The minimum atomic E-state index is -1.15.